The van der Waals surface area contributed by atoms with Crippen LogP contribution in [0.2, 0.25) is 0 Å². The maximum absolute atomic E-state index is 11.6. The highest BCUT2D eigenvalue weighted by Crippen LogP contribution is 2.36. The van der Waals surface area contributed by atoms with Crippen LogP contribution in [0.3, 0.4) is 0 Å². The van der Waals surface area contributed by atoms with Crippen molar-refractivity contribution in [3.63, 3.8) is 0 Å². The number of hydrogen-bond donors (Lipinski definition) is 5. The van der Waals surface area contributed by atoms with Crippen molar-refractivity contribution in [1.29, 1.82) is 0 Å². The topological polar surface area (TPSA) is 151 Å². The van der Waals surface area contributed by atoms with Crippen LogP contribution in [0.15, 0.2) is 17.1 Å². The highest BCUT2D eigenvalue weighted by molar-refractivity contribution is 5.23. The average Bonchev–Trinajstić information content (AvgIpc) is 2.64. The van der Waals surface area contributed by atoms with Gasteiger partial charge >= 0.3 is 5.69 Å². The Morgan fingerprint density at radius 3 is 2.53 bits per heavy atom. The summed E-state index contributed by atoms with van der Waals surface area (Å²) in [4.78, 5) is 15.1. The molecule has 1 fully saturated rings. The lowest BCUT2D eigenvalue weighted by molar-refractivity contribution is -0.150. The van der Waals surface area contributed by atoms with Crippen molar-refractivity contribution < 1.29 is 25.2 Å². The third kappa shape index (κ3) is 2.11. The molecule has 1 aromatic heterocycles. The Morgan fingerprint density at radius 2 is 2.05 bits per heavy atom. The van der Waals surface area contributed by atoms with E-state index in [0.29, 0.717) is 0 Å². The molecule has 0 bridgehead atoms. The standard InChI is InChI=1S/C10H15N3O6/c11-5-1-2-13(9(18)12-5)8-6(16)7(17)10(3-14,4-15)19-8/h1-2,6-8,14-17H,3-4H2,(H2,11,12,18)/t6-,7+,8-/m1/s1. The van der Waals surface area contributed by atoms with Crippen molar-refractivity contribution in [2.24, 2.45) is 0 Å². The molecule has 2 heterocycles. The van der Waals surface area contributed by atoms with Gasteiger partial charge in [0.2, 0.25) is 0 Å². The van der Waals surface area contributed by atoms with E-state index < -0.39 is 42.9 Å². The Balaban J connectivity index is 2.39. The van der Waals surface area contributed by atoms with Crippen LogP contribution < -0.4 is 11.4 Å². The van der Waals surface area contributed by atoms with Crippen LogP contribution in [0.5, 0.6) is 0 Å². The summed E-state index contributed by atoms with van der Waals surface area (Å²) < 4.78 is 6.19. The Kier molecular flexibility index (Phi) is 3.56. The van der Waals surface area contributed by atoms with Gasteiger partial charge in [-0.25, -0.2) is 4.79 Å². The Morgan fingerprint density at radius 1 is 1.42 bits per heavy atom. The molecule has 1 aromatic rings. The lowest BCUT2D eigenvalue weighted by atomic mass is 9.97. The number of nitrogens with two attached hydrogens (primary N) is 1. The van der Waals surface area contributed by atoms with Gasteiger partial charge < -0.3 is 30.9 Å². The fraction of sp³-hybridized carbons (Fsp3) is 0.600. The molecule has 0 amide bonds. The Bertz CT molecular complexity index is 514. The molecule has 3 atom stereocenters. The Labute approximate surface area is 107 Å². The molecule has 9 nitrogen and oxygen atoms in total. The molecule has 0 aromatic carbocycles. The second-order valence-electron chi connectivity index (χ2n) is 4.37. The first-order chi connectivity index (χ1) is 8.95. The quantitative estimate of drug-likeness (QED) is 0.386. The molecule has 0 radical (unpaired) electrons. The van der Waals surface area contributed by atoms with Gasteiger partial charge in [-0.3, -0.25) is 4.57 Å². The minimum absolute atomic E-state index is 0.00450. The van der Waals surface area contributed by atoms with E-state index in [1.165, 1.54) is 12.3 Å². The van der Waals surface area contributed by atoms with Crippen molar-refractivity contribution in [3.8, 4) is 0 Å². The summed E-state index contributed by atoms with van der Waals surface area (Å²) in [5, 5.41) is 38.1. The first-order valence-electron chi connectivity index (χ1n) is 5.55. The van der Waals surface area contributed by atoms with Gasteiger partial charge in [-0.2, -0.15) is 4.98 Å². The molecule has 1 saturated heterocycles. The van der Waals surface area contributed by atoms with E-state index in [0.717, 1.165) is 4.57 Å². The molecule has 1 aliphatic heterocycles. The summed E-state index contributed by atoms with van der Waals surface area (Å²) in [6, 6.07) is 1.32. The Hall–Kier alpha value is -1.52. The molecule has 19 heavy (non-hydrogen) atoms. The number of ether oxygens (including phenoxy) is 1. The summed E-state index contributed by atoms with van der Waals surface area (Å²) >= 11 is 0. The monoisotopic (exact) mass is 273 g/mol. The number of nitrogens with zero attached hydrogens (tertiary/aromatic N) is 2. The van der Waals surface area contributed by atoms with Crippen LogP contribution in [-0.4, -0.2) is 61.0 Å². The molecule has 0 spiro atoms. The van der Waals surface area contributed by atoms with Gasteiger partial charge in [0, 0.05) is 6.20 Å². The normalized spacial score (nSPS) is 29.6. The van der Waals surface area contributed by atoms with E-state index in [-0.39, 0.29) is 5.82 Å². The predicted octanol–water partition coefficient (Wildman–Crippen LogP) is -3.20. The molecule has 6 N–H and O–H groups in total. The van der Waals surface area contributed by atoms with Gasteiger partial charge in [-0.15, -0.1) is 0 Å². The minimum Gasteiger partial charge on any atom is -0.393 e. The number of anilines is 1. The number of aliphatic hydroxyl groups is 4. The third-order valence-electron chi connectivity index (χ3n) is 3.17. The second-order valence-corrected chi connectivity index (χ2v) is 4.37. The molecule has 9 heteroatoms. The molecule has 0 saturated carbocycles. The second kappa shape index (κ2) is 4.87. The van der Waals surface area contributed by atoms with Gasteiger partial charge in [0.05, 0.1) is 13.2 Å². The van der Waals surface area contributed by atoms with Crippen molar-refractivity contribution in [2.45, 2.75) is 24.0 Å². The summed E-state index contributed by atoms with van der Waals surface area (Å²) in [5.41, 5.74) is 2.83. The van der Waals surface area contributed by atoms with E-state index >= 15 is 0 Å². The van der Waals surface area contributed by atoms with Crippen LogP contribution in [-0.2, 0) is 4.74 Å². The lowest BCUT2D eigenvalue weighted by Gasteiger charge is -2.27. The van der Waals surface area contributed by atoms with Gasteiger partial charge in [0.1, 0.15) is 23.6 Å². The highest BCUT2D eigenvalue weighted by atomic mass is 16.6. The van der Waals surface area contributed by atoms with Crippen molar-refractivity contribution in [3.05, 3.63) is 22.7 Å². The van der Waals surface area contributed by atoms with E-state index in [9.17, 15) is 25.2 Å². The molecule has 2 rings (SSSR count). The smallest absolute Gasteiger partial charge is 0.351 e. The number of aromatic nitrogens is 2. The van der Waals surface area contributed by atoms with Gasteiger partial charge in [0.15, 0.2) is 6.23 Å². The zero-order chi connectivity index (χ0) is 14.2. The summed E-state index contributed by atoms with van der Waals surface area (Å²) in [6.07, 6.45) is -3.06. The third-order valence-corrected chi connectivity index (χ3v) is 3.17. The van der Waals surface area contributed by atoms with Crippen LogP contribution in [0.4, 0.5) is 5.82 Å². The maximum Gasteiger partial charge on any atom is 0.351 e. The number of nitrogen functional groups attached to an aromatic ring is 1. The van der Waals surface area contributed by atoms with Crippen LogP contribution >= 0.6 is 0 Å². The predicted molar refractivity (Wildman–Crippen MR) is 61.9 cm³/mol. The highest BCUT2D eigenvalue weighted by Gasteiger charge is 2.54. The molecule has 1 aliphatic rings. The maximum atomic E-state index is 11.6. The minimum atomic E-state index is -1.73. The summed E-state index contributed by atoms with van der Waals surface area (Å²) in [6.45, 7) is -1.43. The molecule has 0 unspecified atom stereocenters. The van der Waals surface area contributed by atoms with Gasteiger partial charge in [0.25, 0.3) is 0 Å². The van der Waals surface area contributed by atoms with Crippen LogP contribution in [0.25, 0.3) is 0 Å². The first kappa shape index (κ1) is 13.9. The van der Waals surface area contributed by atoms with E-state index in [1.54, 1.807) is 0 Å². The lowest BCUT2D eigenvalue weighted by Crippen LogP contribution is -2.49. The fourth-order valence-electron chi connectivity index (χ4n) is 2.00. The largest absolute Gasteiger partial charge is 0.393 e. The van der Waals surface area contributed by atoms with E-state index in [4.69, 9.17) is 10.5 Å². The number of aliphatic hydroxyl groups excluding tert-OH is 4. The molecular formula is C10H15N3O6. The number of hydrogen-bond acceptors (Lipinski definition) is 8. The molecule has 0 aliphatic carbocycles. The van der Waals surface area contributed by atoms with Gasteiger partial charge in [-0.05, 0) is 6.07 Å². The zero-order valence-corrected chi connectivity index (χ0v) is 9.88. The van der Waals surface area contributed by atoms with Gasteiger partial charge in [-0.1, -0.05) is 0 Å². The SMILES string of the molecule is Nc1ccn([C@@H]2OC(CO)(CO)[C@@H](O)[C@H]2O)c(=O)n1. The average molecular weight is 273 g/mol. The van der Waals surface area contributed by atoms with E-state index in [1.807, 2.05) is 0 Å². The van der Waals surface area contributed by atoms with Crippen LogP contribution in [0, 0.1) is 0 Å². The first-order valence-corrected chi connectivity index (χ1v) is 5.55. The summed E-state index contributed by atoms with van der Waals surface area (Å²) in [7, 11) is 0. The summed E-state index contributed by atoms with van der Waals surface area (Å²) in [5.74, 6) is 0.00450. The molecular weight excluding hydrogens is 258 g/mol. The van der Waals surface area contributed by atoms with Crippen LogP contribution in [0.1, 0.15) is 6.23 Å². The molecule has 106 valence electrons. The van der Waals surface area contributed by atoms with Crippen molar-refractivity contribution in [2.75, 3.05) is 18.9 Å². The van der Waals surface area contributed by atoms with E-state index in [2.05, 4.69) is 4.98 Å². The van der Waals surface area contributed by atoms with Crippen molar-refractivity contribution in [1.82, 2.24) is 9.55 Å². The fourth-order valence-corrected chi connectivity index (χ4v) is 2.00. The number of rotatable bonds is 3. The zero-order valence-electron chi connectivity index (χ0n) is 9.88. The van der Waals surface area contributed by atoms with Crippen molar-refractivity contribution >= 4 is 5.82 Å².